The van der Waals surface area contributed by atoms with Crippen LogP contribution in [0, 0.1) is 27.7 Å². The Labute approximate surface area is 269 Å². The Morgan fingerprint density at radius 3 is 1.82 bits per heavy atom. The van der Waals surface area contributed by atoms with E-state index in [2.05, 4.69) is 136 Å². The molecule has 5 aromatic rings. The minimum atomic E-state index is -0.718. The Morgan fingerprint density at radius 2 is 1.20 bits per heavy atom. The van der Waals surface area contributed by atoms with Gasteiger partial charge in [0.15, 0.2) is 0 Å². The molecule has 0 heterocycles. The first-order chi connectivity index (χ1) is 21.4. The van der Waals surface area contributed by atoms with Crippen molar-refractivity contribution in [2.24, 2.45) is 0 Å². The number of hydrogen-bond donors (Lipinski definition) is 1. The lowest BCUT2D eigenvalue weighted by atomic mass is 9.76. The minimum Gasteiger partial charge on any atom is -0.384 e. The fourth-order valence-corrected chi connectivity index (χ4v) is 11.7. The molecule has 0 aliphatic heterocycles. The SMILES string of the molecule is Cc1cc(C)cc(P(c2cc(C)cc(C)c2)c2cccc3c2C2(CCc4cccc(NCCSc5ccccc5)c42)CC3)c1. The van der Waals surface area contributed by atoms with E-state index in [0.29, 0.717) is 0 Å². The summed E-state index contributed by atoms with van der Waals surface area (Å²) in [4.78, 5) is 1.34. The highest BCUT2D eigenvalue weighted by atomic mass is 32.2. The van der Waals surface area contributed by atoms with E-state index in [1.54, 1.807) is 22.0 Å². The van der Waals surface area contributed by atoms with Crippen molar-refractivity contribution in [1.82, 2.24) is 0 Å². The monoisotopic (exact) mass is 611 g/mol. The summed E-state index contributed by atoms with van der Waals surface area (Å²) in [5.74, 6) is 1.05. The van der Waals surface area contributed by atoms with Crippen LogP contribution in [0.25, 0.3) is 0 Å². The summed E-state index contributed by atoms with van der Waals surface area (Å²) >= 11 is 1.93. The van der Waals surface area contributed by atoms with Crippen LogP contribution in [0.15, 0.2) is 108 Å². The summed E-state index contributed by atoms with van der Waals surface area (Å²) in [6.45, 7) is 9.97. The summed E-state index contributed by atoms with van der Waals surface area (Å²) in [6.07, 6.45) is 4.71. The van der Waals surface area contributed by atoms with E-state index < -0.39 is 7.92 Å². The van der Waals surface area contributed by atoms with Crippen LogP contribution in [0.2, 0.25) is 0 Å². The molecule has 3 heteroatoms. The van der Waals surface area contributed by atoms with Gasteiger partial charge < -0.3 is 5.32 Å². The summed E-state index contributed by atoms with van der Waals surface area (Å²) in [5.41, 5.74) is 13.1. The van der Waals surface area contributed by atoms with Crippen molar-refractivity contribution in [2.75, 3.05) is 17.6 Å². The van der Waals surface area contributed by atoms with Gasteiger partial charge in [0, 0.05) is 28.3 Å². The predicted octanol–water partition coefficient (Wildman–Crippen LogP) is 9.06. The van der Waals surface area contributed by atoms with E-state index >= 15 is 0 Å². The summed E-state index contributed by atoms with van der Waals surface area (Å²) < 4.78 is 0. The first kappa shape index (κ1) is 29.4. The van der Waals surface area contributed by atoms with Crippen LogP contribution in [-0.4, -0.2) is 12.3 Å². The van der Waals surface area contributed by atoms with Gasteiger partial charge in [0.1, 0.15) is 0 Å². The molecule has 0 saturated carbocycles. The third-order valence-electron chi connectivity index (χ3n) is 9.48. The fraction of sp³-hybridized carbons (Fsp3) is 0.268. The van der Waals surface area contributed by atoms with Gasteiger partial charge in [0.25, 0.3) is 0 Å². The zero-order chi connectivity index (χ0) is 30.3. The van der Waals surface area contributed by atoms with Crippen LogP contribution in [0.1, 0.15) is 57.3 Å². The van der Waals surface area contributed by atoms with Crippen molar-refractivity contribution in [3.8, 4) is 0 Å². The molecule has 222 valence electrons. The molecule has 0 amide bonds. The highest BCUT2D eigenvalue weighted by Crippen LogP contribution is 2.56. The third-order valence-corrected chi connectivity index (χ3v) is 12.9. The van der Waals surface area contributed by atoms with Crippen molar-refractivity contribution in [2.45, 2.75) is 63.7 Å². The lowest BCUT2D eigenvalue weighted by Gasteiger charge is -2.33. The van der Waals surface area contributed by atoms with Crippen LogP contribution in [0.4, 0.5) is 5.69 Å². The van der Waals surface area contributed by atoms with Crippen molar-refractivity contribution in [3.63, 3.8) is 0 Å². The summed E-state index contributed by atoms with van der Waals surface area (Å²) in [6, 6.07) is 39.5. The second-order valence-electron chi connectivity index (χ2n) is 12.8. The Balaban J connectivity index is 1.33. The van der Waals surface area contributed by atoms with Crippen molar-refractivity contribution in [1.29, 1.82) is 0 Å². The van der Waals surface area contributed by atoms with Crippen LogP contribution in [-0.2, 0) is 18.3 Å². The lowest BCUT2D eigenvalue weighted by molar-refractivity contribution is 0.510. The molecule has 7 rings (SSSR count). The number of nitrogens with one attached hydrogen (secondary N) is 1. The molecule has 0 bridgehead atoms. The highest BCUT2D eigenvalue weighted by molar-refractivity contribution is 7.99. The number of thioether (sulfide) groups is 1. The topological polar surface area (TPSA) is 12.0 Å². The Kier molecular flexibility index (Phi) is 8.17. The molecule has 0 saturated heterocycles. The summed E-state index contributed by atoms with van der Waals surface area (Å²) in [7, 11) is -0.718. The van der Waals surface area contributed by atoms with Gasteiger partial charge in [-0.2, -0.15) is 0 Å². The second-order valence-corrected chi connectivity index (χ2v) is 16.2. The minimum absolute atomic E-state index is 0.0652. The van der Waals surface area contributed by atoms with Gasteiger partial charge in [-0.3, -0.25) is 0 Å². The maximum atomic E-state index is 3.92. The molecule has 1 atom stereocenters. The molecule has 2 aliphatic carbocycles. The van der Waals surface area contributed by atoms with Gasteiger partial charge in [-0.05, 0) is 118 Å². The van der Waals surface area contributed by atoms with Crippen LogP contribution < -0.4 is 21.2 Å². The van der Waals surface area contributed by atoms with Gasteiger partial charge in [-0.1, -0.05) is 107 Å². The largest absolute Gasteiger partial charge is 0.384 e. The standard InChI is InChI=1S/C41H42NPS/c1-28-22-29(2)25-34(24-28)43(35-26-30(3)23-31(4)27-35)38-15-9-11-33-17-19-41(40(33)38)18-16-32-10-8-14-37(39(32)41)42-20-21-44-36-12-6-5-7-13-36/h5-15,22-27,42H,16-21H2,1-4H3. The molecule has 1 nitrogen and oxygen atoms in total. The molecule has 1 unspecified atom stereocenters. The van der Waals surface area contributed by atoms with E-state index in [0.717, 1.165) is 25.1 Å². The molecule has 2 aliphatic rings. The van der Waals surface area contributed by atoms with Gasteiger partial charge >= 0.3 is 0 Å². The maximum Gasteiger partial charge on any atom is 0.0384 e. The highest BCUT2D eigenvalue weighted by Gasteiger charge is 2.48. The first-order valence-electron chi connectivity index (χ1n) is 16.0. The fourth-order valence-electron chi connectivity index (χ4n) is 7.96. The van der Waals surface area contributed by atoms with E-state index in [1.165, 1.54) is 61.9 Å². The zero-order valence-electron chi connectivity index (χ0n) is 26.4. The zero-order valence-corrected chi connectivity index (χ0v) is 28.1. The van der Waals surface area contributed by atoms with E-state index in [-0.39, 0.29) is 5.41 Å². The average Bonchev–Trinajstić information content (AvgIpc) is 3.57. The quantitative estimate of drug-likeness (QED) is 0.107. The normalized spacial score (nSPS) is 16.8. The Hall–Kier alpha value is -3.32. The number of benzene rings is 5. The van der Waals surface area contributed by atoms with Crippen molar-refractivity contribution in [3.05, 3.63) is 148 Å². The number of anilines is 1. The summed E-state index contributed by atoms with van der Waals surface area (Å²) in [5, 5.41) is 8.43. The van der Waals surface area contributed by atoms with Gasteiger partial charge in [-0.25, -0.2) is 0 Å². The number of rotatable bonds is 8. The van der Waals surface area contributed by atoms with Gasteiger partial charge in [-0.15, -0.1) is 11.8 Å². The molecule has 0 fully saturated rings. The molecule has 44 heavy (non-hydrogen) atoms. The maximum absolute atomic E-state index is 3.92. The molecule has 1 N–H and O–H groups in total. The lowest BCUT2D eigenvalue weighted by Crippen LogP contribution is -2.32. The predicted molar refractivity (Wildman–Crippen MR) is 194 cm³/mol. The number of aryl methyl sites for hydroxylation is 6. The van der Waals surface area contributed by atoms with Crippen molar-refractivity contribution >= 4 is 41.3 Å². The smallest absolute Gasteiger partial charge is 0.0384 e. The molecular formula is C41H42NPS. The van der Waals surface area contributed by atoms with Crippen molar-refractivity contribution < 1.29 is 0 Å². The second kappa shape index (κ2) is 12.2. The number of hydrogen-bond acceptors (Lipinski definition) is 2. The molecule has 1 spiro atoms. The first-order valence-corrected chi connectivity index (χ1v) is 18.4. The van der Waals surface area contributed by atoms with E-state index in [1.807, 2.05) is 11.8 Å². The third kappa shape index (κ3) is 5.53. The van der Waals surface area contributed by atoms with Gasteiger partial charge in [0.2, 0.25) is 0 Å². The Morgan fingerprint density at radius 1 is 0.636 bits per heavy atom. The Bertz CT molecular complexity index is 1730. The van der Waals surface area contributed by atoms with Crippen LogP contribution in [0.5, 0.6) is 0 Å². The van der Waals surface area contributed by atoms with E-state index in [9.17, 15) is 0 Å². The van der Waals surface area contributed by atoms with Crippen LogP contribution >= 0.6 is 19.7 Å². The molecule has 0 aromatic heterocycles. The molecule has 0 radical (unpaired) electrons. The average molecular weight is 612 g/mol. The van der Waals surface area contributed by atoms with Gasteiger partial charge in [0.05, 0.1) is 0 Å². The molecular weight excluding hydrogens is 569 g/mol. The molecule has 5 aromatic carbocycles. The van der Waals surface area contributed by atoms with Crippen LogP contribution in [0.3, 0.4) is 0 Å². The number of fused-ring (bicyclic) bond motifs is 4. The van der Waals surface area contributed by atoms with E-state index in [4.69, 9.17) is 0 Å².